The minimum atomic E-state index is -0.170. The van der Waals surface area contributed by atoms with Gasteiger partial charge in [-0.25, -0.2) is 9.79 Å². The summed E-state index contributed by atoms with van der Waals surface area (Å²) in [7, 11) is 0. The van der Waals surface area contributed by atoms with Crippen LogP contribution in [0.3, 0.4) is 0 Å². The molecule has 0 fully saturated rings. The van der Waals surface area contributed by atoms with Gasteiger partial charge in [-0.1, -0.05) is 6.92 Å². The third kappa shape index (κ3) is 3.60. The van der Waals surface area contributed by atoms with Gasteiger partial charge in [0.25, 0.3) is 0 Å². The molecular formula is C10H17N3O. The van der Waals surface area contributed by atoms with Crippen molar-refractivity contribution in [3.05, 3.63) is 11.9 Å². The molecule has 14 heavy (non-hydrogen) atoms. The van der Waals surface area contributed by atoms with E-state index in [0.717, 1.165) is 25.0 Å². The molecule has 78 valence electrons. The number of amides is 2. The highest BCUT2D eigenvalue weighted by molar-refractivity contribution is 5.85. The first-order chi connectivity index (χ1) is 6.72. The summed E-state index contributed by atoms with van der Waals surface area (Å²) in [5.41, 5.74) is 1.07. The fourth-order valence-electron chi connectivity index (χ4n) is 1.20. The van der Waals surface area contributed by atoms with Crippen LogP contribution in [0, 0.1) is 0 Å². The molecule has 1 aliphatic heterocycles. The smallest absolute Gasteiger partial charge is 0.320 e. The molecule has 1 aliphatic rings. The number of nitrogens with zero attached hydrogens (tertiary/aromatic N) is 1. The summed E-state index contributed by atoms with van der Waals surface area (Å²) in [6.45, 7) is 4.68. The summed E-state index contributed by atoms with van der Waals surface area (Å²) < 4.78 is 0. The van der Waals surface area contributed by atoms with E-state index in [4.69, 9.17) is 0 Å². The summed E-state index contributed by atoms with van der Waals surface area (Å²) in [6, 6.07) is -0.170. The van der Waals surface area contributed by atoms with Gasteiger partial charge >= 0.3 is 6.03 Å². The van der Waals surface area contributed by atoms with Gasteiger partial charge in [0.05, 0.1) is 0 Å². The van der Waals surface area contributed by atoms with Crippen LogP contribution in [0.5, 0.6) is 0 Å². The number of allylic oxidation sites excluding steroid dienone is 1. The zero-order chi connectivity index (χ0) is 10.4. The van der Waals surface area contributed by atoms with Crippen LogP contribution in [0.25, 0.3) is 0 Å². The molecule has 0 radical (unpaired) electrons. The van der Waals surface area contributed by atoms with Crippen molar-refractivity contribution in [1.29, 1.82) is 0 Å². The lowest BCUT2D eigenvalue weighted by Gasteiger charge is -2.11. The second-order valence-electron chi connectivity index (χ2n) is 3.36. The zero-order valence-corrected chi connectivity index (χ0v) is 8.76. The molecule has 0 aromatic heterocycles. The van der Waals surface area contributed by atoms with Crippen molar-refractivity contribution in [1.82, 2.24) is 10.6 Å². The minimum absolute atomic E-state index is 0.170. The predicted octanol–water partition coefficient (Wildman–Crippen LogP) is 1.79. The van der Waals surface area contributed by atoms with Crippen LogP contribution in [0.4, 0.5) is 4.79 Å². The fourth-order valence-corrected chi connectivity index (χ4v) is 1.20. The molecule has 4 heteroatoms. The third-order valence-corrected chi connectivity index (χ3v) is 1.93. The van der Waals surface area contributed by atoms with E-state index in [9.17, 15) is 4.79 Å². The molecule has 4 nitrogen and oxygen atoms in total. The molecule has 2 amide bonds. The standard InChI is InChI=1S/C10H17N3O/c1-3-7-11-10(14)13-9-6-4-5-8(2)12-9/h6H,3-5,7H2,1-2H3,(H2,11,13,14). The molecule has 0 saturated carbocycles. The number of rotatable bonds is 3. The third-order valence-electron chi connectivity index (χ3n) is 1.93. The van der Waals surface area contributed by atoms with Gasteiger partial charge in [0.15, 0.2) is 0 Å². The molecule has 1 heterocycles. The van der Waals surface area contributed by atoms with Gasteiger partial charge in [-0.05, 0) is 32.3 Å². The van der Waals surface area contributed by atoms with Gasteiger partial charge in [0, 0.05) is 12.3 Å². The van der Waals surface area contributed by atoms with Crippen LogP contribution >= 0.6 is 0 Å². The Labute approximate surface area is 84.5 Å². The molecular weight excluding hydrogens is 178 g/mol. The van der Waals surface area contributed by atoms with Crippen LogP contribution < -0.4 is 10.6 Å². The van der Waals surface area contributed by atoms with E-state index in [0.29, 0.717) is 12.4 Å². The summed E-state index contributed by atoms with van der Waals surface area (Å²) in [5, 5.41) is 5.44. The van der Waals surface area contributed by atoms with Crippen LogP contribution in [-0.2, 0) is 0 Å². The zero-order valence-electron chi connectivity index (χ0n) is 8.76. The molecule has 0 atom stereocenters. The maximum atomic E-state index is 11.2. The van der Waals surface area contributed by atoms with Crippen molar-refractivity contribution in [3.63, 3.8) is 0 Å². The highest BCUT2D eigenvalue weighted by atomic mass is 16.2. The lowest BCUT2D eigenvalue weighted by molar-refractivity contribution is 0.243. The SMILES string of the molecule is CCCNC(=O)NC1=CCCC(C)=N1. The van der Waals surface area contributed by atoms with Crippen molar-refractivity contribution in [3.8, 4) is 0 Å². The minimum Gasteiger partial charge on any atom is -0.338 e. The van der Waals surface area contributed by atoms with Crippen LogP contribution in [0.2, 0.25) is 0 Å². The first-order valence-corrected chi connectivity index (χ1v) is 5.01. The van der Waals surface area contributed by atoms with E-state index < -0.39 is 0 Å². The molecule has 0 spiro atoms. The number of carbonyl (C=O) groups is 1. The van der Waals surface area contributed by atoms with Gasteiger partial charge in [-0.15, -0.1) is 0 Å². The maximum absolute atomic E-state index is 11.2. The number of carbonyl (C=O) groups excluding carboxylic acids is 1. The first-order valence-electron chi connectivity index (χ1n) is 5.01. The van der Waals surface area contributed by atoms with Crippen molar-refractivity contribution in [2.75, 3.05) is 6.54 Å². The molecule has 0 saturated heterocycles. The molecule has 2 N–H and O–H groups in total. The quantitative estimate of drug-likeness (QED) is 0.708. The van der Waals surface area contributed by atoms with Gasteiger partial charge in [-0.3, -0.25) is 5.32 Å². The summed E-state index contributed by atoms with van der Waals surface area (Å²) in [4.78, 5) is 15.5. The average molecular weight is 195 g/mol. The number of aliphatic imine (C=N–C) groups is 1. The highest BCUT2D eigenvalue weighted by Gasteiger charge is 2.06. The topological polar surface area (TPSA) is 53.5 Å². The predicted molar refractivity (Wildman–Crippen MR) is 57.3 cm³/mol. The fraction of sp³-hybridized carbons (Fsp3) is 0.600. The van der Waals surface area contributed by atoms with E-state index in [-0.39, 0.29) is 6.03 Å². The van der Waals surface area contributed by atoms with Crippen LogP contribution in [-0.4, -0.2) is 18.3 Å². The van der Waals surface area contributed by atoms with Crippen molar-refractivity contribution >= 4 is 11.7 Å². The number of nitrogens with one attached hydrogen (secondary N) is 2. The van der Waals surface area contributed by atoms with Crippen molar-refractivity contribution < 1.29 is 4.79 Å². The highest BCUT2D eigenvalue weighted by Crippen LogP contribution is 2.07. The largest absolute Gasteiger partial charge is 0.338 e. The summed E-state index contributed by atoms with van der Waals surface area (Å²) in [6.07, 6.45) is 4.83. The van der Waals surface area contributed by atoms with Gasteiger partial charge < -0.3 is 5.32 Å². The summed E-state index contributed by atoms with van der Waals surface area (Å²) >= 11 is 0. The lowest BCUT2D eigenvalue weighted by atomic mass is 10.2. The molecule has 0 bridgehead atoms. The van der Waals surface area contributed by atoms with Gasteiger partial charge in [0.2, 0.25) is 0 Å². The second-order valence-corrected chi connectivity index (χ2v) is 3.36. The Morgan fingerprint density at radius 2 is 2.43 bits per heavy atom. The summed E-state index contributed by atoms with van der Waals surface area (Å²) in [5.74, 6) is 0.669. The Morgan fingerprint density at radius 1 is 1.64 bits per heavy atom. The Balaban J connectivity index is 2.37. The van der Waals surface area contributed by atoms with Crippen LogP contribution in [0.15, 0.2) is 16.9 Å². The number of hydrogen-bond acceptors (Lipinski definition) is 2. The average Bonchev–Trinajstić information content (AvgIpc) is 2.15. The van der Waals surface area contributed by atoms with Crippen molar-refractivity contribution in [2.45, 2.75) is 33.1 Å². The van der Waals surface area contributed by atoms with E-state index in [2.05, 4.69) is 15.6 Å². The molecule has 1 rings (SSSR count). The Hall–Kier alpha value is -1.32. The number of urea groups is 1. The molecule has 0 aromatic carbocycles. The van der Waals surface area contributed by atoms with Gasteiger partial charge in [0.1, 0.15) is 5.82 Å². The Morgan fingerprint density at radius 3 is 3.07 bits per heavy atom. The van der Waals surface area contributed by atoms with Gasteiger partial charge in [-0.2, -0.15) is 0 Å². The van der Waals surface area contributed by atoms with E-state index in [1.54, 1.807) is 0 Å². The van der Waals surface area contributed by atoms with E-state index in [1.165, 1.54) is 0 Å². The lowest BCUT2D eigenvalue weighted by Crippen LogP contribution is -2.35. The first kappa shape index (κ1) is 10.8. The molecule has 0 aromatic rings. The monoisotopic (exact) mass is 195 g/mol. The maximum Gasteiger partial charge on any atom is 0.320 e. The van der Waals surface area contributed by atoms with Crippen LogP contribution in [0.1, 0.15) is 33.1 Å². The van der Waals surface area contributed by atoms with E-state index >= 15 is 0 Å². The van der Waals surface area contributed by atoms with E-state index in [1.807, 2.05) is 19.9 Å². The second kappa shape index (κ2) is 5.42. The molecule has 0 unspecified atom stereocenters. The molecule has 0 aliphatic carbocycles. The normalized spacial score (nSPS) is 15.6. The Kier molecular flexibility index (Phi) is 4.16. The number of hydrogen-bond donors (Lipinski definition) is 2. The van der Waals surface area contributed by atoms with Crippen molar-refractivity contribution in [2.24, 2.45) is 4.99 Å². The Bertz CT molecular complexity index is 269.